The van der Waals surface area contributed by atoms with E-state index in [1.54, 1.807) is 24.3 Å². The number of ketones is 2. The normalized spacial score (nSPS) is 11.7. The second kappa shape index (κ2) is 14.8. The molecule has 0 fully saturated rings. The number of halogens is 9. The van der Waals surface area contributed by atoms with Gasteiger partial charge in [-0.25, -0.2) is 4.98 Å². The lowest BCUT2D eigenvalue weighted by atomic mass is 10.1. The first-order valence-corrected chi connectivity index (χ1v) is 12.9. The molecule has 13 nitrogen and oxygen atoms in total. The van der Waals surface area contributed by atoms with Gasteiger partial charge in [-0.15, -0.1) is 10.2 Å². The fourth-order valence-electron chi connectivity index (χ4n) is 3.42. The molecule has 0 atom stereocenters. The summed E-state index contributed by atoms with van der Waals surface area (Å²) in [6, 6.07) is 11.3. The molecule has 22 heteroatoms. The number of amides is 1. The topological polar surface area (TPSA) is 178 Å². The molecule has 0 unspecified atom stereocenters. The van der Waals surface area contributed by atoms with E-state index in [0.717, 1.165) is 16.3 Å². The molecule has 4 aromatic rings. The van der Waals surface area contributed by atoms with E-state index < -0.39 is 60.1 Å². The monoisotopic (exact) mass is 695 g/mol. The van der Waals surface area contributed by atoms with Gasteiger partial charge < -0.3 is 10.6 Å². The van der Waals surface area contributed by atoms with Gasteiger partial charge in [-0.2, -0.15) is 40.3 Å². The lowest BCUT2D eigenvalue weighted by Gasteiger charge is -2.17. The van der Waals surface area contributed by atoms with E-state index in [-0.39, 0.29) is 17.5 Å². The number of alkyl halides is 8. The van der Waals surface area contributed by atoms with Gasteiger partial charge in [0.1, 0.15) is 17.4 Å². The Morgan fingerprint density at radius 3 is 2.11 bits per heavy atom. The Kier molecular flexibility index (Phi) is 11.4. The van der Waals surface area contributed by atoms with E-state index in [1.807, 2.05) is 0 Å². The summed E-state index contributed by atoms with van der Waals surface area (Å²) < 4.78 is 96.7. The number of rotatable bonds is 10. The molecule has 4 rings (SSSR count). The highest BCUT2D eigenvalue weighted by Gasteiger charge is 2.54. The first-order valence-electron chi connectivity index (χ1n) is 12.5. The van der Waals surface area contributed by atoms with Crippen LogP contribution in [0.3, 0.4) is 0 Å². The molecule has 1 amide bonds. The van der Waals surface area contributed by atoms with Gasteiger partial charge in [-0.3, -0.25) is 28.7 Å². The molecule has 3 aromatic heterocycles. The quantitative estimate of drug-likeness (QED) is 0.165. The van der Waals surface area contributed by atoms with E-state index in [1.165, 1.54) is 24.4 Å². The largest absolute Gasteiger partial charge is 0.458 e. The van der Waals surface area contributed by atoms with Crippen LogP contribution < -0.4 is 16.2 Å². The molecule has 3 N–H and O–H groups in total. The van der Waals surface area contributed by atoms with Gasteiger partial charge in [0.15, 0.2) is 5.82 Å². The number of Topliss-reactive ketones (excluding diaryl/α,β-unsaturated/α-hetero) is 2. The van der Waals surface area contributed by atoms with Gasteiger partial charge in [-0.05, 0) is 22.9 Å². The summed E-state index contributed by atoms with van der Waals surface area (Å²) in [4.78, 5) is 52.0. The fraction of sp³-hybridized carbons (Fsp3) is 0.240. The van der Waals surface area contributed by atoms with Crippen molar-refractivity contribution in [2.75, 3.05) is 11.9 Å². The molecule has 0 saturated carbocycles. The van der Waals surface area contributed by atoms with E-state index in [9.17, 15) is 54.3 Å². The second-order valence-corrected chi connectivity index (χ2v) is 9.30. The SMILES string of the molecule is O=C(C(=O)C(F)(F)F)C(F)(F)F.O=C(Cn1c(Cl)cnc(NCC(F)(F)c2ccccn2)c1=O)NCc1ccccc1-c1nn[nH]n1. The molecule has 0 radical (unpaired) electrons. The van der Waals surface area contributed by atoms with E-state index in [4.69, 9.17) is 11.6 Å². The highest BCUT2D eigenvalue weighted by Crippen LogP contribution is 2.26. The number of anilines is 1. The fourth-order valence-corrected chi connectivity index (χ4v) is 3.61. The van der Waals surface area contributed by atoms with Gasteiger partial charge >= 0.3 is 29.8 Å². The molecular weight excluding hydrogens is 678 g/mol. The average Bonchev–Trinajstić information content (AvgIpc) is 3.56. The lowest BCUT2D eigenvalue weighted by Crippen LogP contribution is -2.39. The smallest absolute Gasteiger partial charge is 0.359 e. The Labute approximate surface area is 261 Å². The molecule has 0 spiro atoms. The summed E-state index contributed by atoms with van der Waals surface area (Å²) in [5.41, 5.74) is 0.106. The van der Waals surface area contributed by atoms with Crippen LogP contribution >= 0.6 is 11.6 Å². The van der Waals surface area contributed by atoms with Crippen LogP contribution in [-0.4, -0.2) is 71.5 Å². The predicted molar refractivity (Wildman–Crippen MR) is 144 cm³/mol. The number of hydrogen-bond donors (Lipinski definition) is 3. The molecule has 0 aliphatic heterocycles. The summed E-state index contributed by atoms with van der Waals surface area (Å²) in [5.74, 6) is -10.7. The molecular formula is C25H18ClF8N9O4. The second-order valence-electron chi connectivity index (χ2n) is 8.92. The van der Waals surface area contributed by atoms with Gasteiger partial charge in [0, 0.05) is 18.3 Å². The number of benzene rings is 1. The third-order valence-electron chi connectivity index (χ3n) is 5.63. The highest BCUT2D eigenvalue weighted by atomic mass is 35.5. The molecule has 0 aliphatic carbocycles. The first kappa shape index (κ1) is 36.1. The summed E-state index contributed by atoms with van der Waals surface area (Å²) in [6.45, 7) is -1.26. The van der Waals surface area contributed by atoms with Crippen LogP contribution in [0.1, 0.15) is 11.3 Å². The van der Waals surface area contributed by atoms with Crippen LogP contribution in [0.15, 0.2) is 59.7 Å². The molecule has 3 heterocycles. The molecule has 0 bridgehead atoms. The van der Waals surface area contributed by atoms with Crippen molar-refractivity contribution in [1.29, 1.82) is 0 Å². The zero-order chi connectivity index (χ0) is 35.0. The number of carbonyl (C=O) groups is 3. The van der Waals surface area contributed by atoms with Crippen molar-refractivity contribution in [2.45, 2.75) is 31.4 Å². The van der Waals surface area contributed by atoms with Crippen molar-refractivity contribution in [1.82, 2.24) is 40.5 Å². The Balaban J connectivity index is 0.000000426. The minimum Gasteiger partial charge on any atom is -0.359 e. The van der Waals surface area contributed by atoms with Crippen molar-refractivity contribution in [3.63, 3.8) is 0 Å². The molecule has 0 saturated heterocycles. The Bertz CT molecular complexity index is 1740. The van der Waals surface area contributed by atoms with Crippen LogP contribution in [0, 0.1) is 0 Å². The lowest BCUT2D eigenvalue weighted by molar-refractivity contribution is -0.193. The van der Waals surface area contributed by atoms with Crippen molar-refractivity contribution in [2.24, 2.45) is 0 Å². The first-order chi connectivity index (χ1) is 21.9. The number of hydrogen-bond acceptors (Lipinski definition) is 10. The van der Waals surface area contributed by atoms with E-state index in [2.05, 4.69) is 41.2 Å². The van der Waals surface area contributed by atoms with Crippen LogP contribution in [0.5, 0.6) is 0 Å². The number of carbonyl (C=O) groups excluding carboxylic acids is 3. The van der Waals surface area contributed by atoms with Crippen molar-refractivity contribution in [3.8, 4) is 11.4 Å². The Hall–Kier alpha value is -5.34. The van der Waals surface area contributed by atoms with Gasteiger partial charge in [0.2, 0.25) is 11.7 Å². The number of aromatic amines is 1. The summed E-state index contributed by atoms with van der Waals surface area (Å²) in [5, 5.41) is 18.7. The molecule has 1 aromatic carbocycles. The van der Waals surface area contributed by atoms with Gasteiger partial charge in [0.25, 0.3) is 5.56 Å². The van der Waals surface area contributed by atoms with E-state index in [0.29, 0.717) is 11.4 Å². The highest BCUT2D eigenvalue weighted by molar-refractivity contribution is 6.41. The summed E-state index contributed by atoms with van der Waals surface area (Å²) >= 11 is 6.05. The summed E-state index contributed by atoms with van der Waals surface area (Å²) in [6.07, 6.45) is -9.20. The van der Waals surface area contributed by atoms with Crippen LogP contribution in [0.2, 0.25) is 5.15 Å². The minimum absolute atomic E-state index is 0.113. The van der Waals surface area contributed by atoms with Crippen molar-refractivity contribution < 1.29 is 49.5 Å². The average molecular weight is 696 g/mol. The summed E-state index contributed by atoms with van der Waals surface area (Å²) in [7, 11) is 0. The van der Waals surface area contributed by atoms with Gasteiger partial charge in [-0.1, -0.05) is 41.9 Å². The number of nitrogens with zero attached hydrogens (tertiary/aromatic N) is 6. The van der Waals surface area contributed by atoms with Crippen LogP contribution in [-0.2, 0) is 33.4 Å². The number of pyridine rings is 1. The zero-order valence-electron chi connectivity index (χ0n) is 23.0. The van der Waals surface area contributed by atoms with E-state index >= 15 is 0 Å². The maximum absolute atomic E-state index is 14.4. The maximum atomic E-state index is 14.4. The van der Waals surface area contributed by atoms with Crippen molar-refractivity contribution in [3.05, 3.63) is 81.6 Å². The molecule has 250 valence electrons. The third-order valence-corrected chi connectivity index (χ3v) is 5.93. The maximum Gasteiger partial charge on any atom is 0.458 e. The van der Waals surface area contributed by atoms with Gasteiger partial charge in [0.05, 0.1) is 12.7 Å². The standard InChI is InChI=1S/C21H18ClF2N9O2.C4F6O2/c22-16-10-27-19(28-12-21(23,24)15-7-3-4-8-25-15)20(35)33(16)11-17(34)26-9-13-5-1-2-6-14(13)18-29-31-32-30-18;5-3(6,7)1(11)2(12)4(8,9)10/h1-8,10H,9,11-12H2,(H,26,34)(H,27,28)(H,29,30,31,32);. The number of aromatic nitrogens is 7. The third kappa shape index (κ3) is 9.82. The van der Waals surface area contributed by atoms with Crippen LogP contribution in [0.4, 0.5) is 40.9 Å². The van der Waals surface area contributed by atoms with Crippen molar-refractivity contribution >= 4 is 34.9 Å². The number of H-pyrrole nitrogens is 1. The Morgan fingerprint density at radius 1 is 0.894 bits per heavy atom. The predicted octanol–water partition coefficient (Wildman–Crippen LogP) is 3.24. The molecule has 0 aliphatic rings. The number of nitrogens with one attached hydrogen (secondary N) is 3. The zero-order valence-corrected chi connectivity index (χ0v) is 23.8. The molecule has 47 heavy (non-hydrogen) atoms. The Morgan fingerprint density at radius 2 is 1.53 bits per heavy atom. The van der Waals surface area contributed by atoms with Crippen LogP contribution in [0.25, 0.3) is 11.4 Å². The minimum atomic E-state index is -5.77. The number of tetrazole rings is 1.